The first-order chi connectivity index (χ1) is 5.95. The molecule has 0 spiro atoms. The zero-order valence-corrected chi connectivity index (χ0v) is 8.92. The average molecular weight is 228 g/mol. The molecule has 0 radical (unpaired) electrons. The summed E-state index contributed by atoms with van der Waals surface area (Å²) in [4.78, 5) is 36.6. The summed E-state index contributed by atoms with van der Waals surface area (Å²) in [5, 5.41) is 2.52. The maximum absolute atomic E-state index is 10.8. The van der Waals surface area contributed by atoms with Crippen molar-refractivity contribution in [3.05, 3.63) is 0 Å². The van der Waals surface area contributed by atoms with Crippen LogP contribution in [0.25, 0.3) is 0 Å². The predicted molar refractivity (Wildman–Crippen MR) is 50.2 cm³/mol. The lowest BCUT2D eigenvalue weighted by molar-refractivity contribution is -0.120. The zero-order chi connectivity index (χ0) is 10.3. The van der Waals surface area contributed by atoms with E-state index in [2.05, 4.69) is 5.32 Å². The maximum atomic E-state index is 10.8. The van der Waals surface area contributed by atoms with Gasteiger partial charge in [-0.2, -0.15) is 0 Å². The van der Waals surface area contributed by atoms with Gasteiger partial charge >= 0.3 is 8.80 Å². The van der Waals surface area contributed by atoms with Gasteiger partial charge in [-0.15, -0.1) is 11.6 Å². The quantitative estimate of drug-likeness (QED) is 0.267. The smallest absolute Gasteiger partial charge is 0.390 e. The molecule has 13 heavy (non-hydrogen) atoms. The number of carbonyl (C=O) groups excluding carboxylic acids is 1. The van der Waals surface area contributed by atoms with Gasteiger partial charge in [0.15, 0.2) is 0 Å². The Kier molecular flexibility index (Phi) is 6.26. The molecule has 5 nitrogen and oxygen atoms in total. The summed E-state index contributed by atoms with van der Waals surface area (Å²) in [6, 6.07) is -0.0614. The van der Waals surface area contributed by atoms with Gasteiger partial charge in [0.1, 0.15) is 0 Å². The summed E-state index contributed by atoms with van der Waals surface area (Å²) in [5.41, 5.74) is 0. The van der Waals surface area contributed by atoms with Crippen molar-refractivity contribution in [3.8, 4) is 0 Å². The van der Waals surface area contributed by atoms with Gasteiger partial charge in [-0.1, -0.05) is 0 Å². The summed E-state index contributed by atoms with van der Waals surface area (Å²) in [7, 11) is -3.93. The van der Waals surface area contributed by atoms with E-state index < -0.39 is 8.80 Å². The minimum Gasteiger partial charge on any atom is -0.390 e. The molecule has 1 amide bonds. The number of nitrogens with one attached hydrogen (secondary N) is 1. The summed E-state index contributed by atoms with van der Waals surface area (Å²) in [6.45, 7) is 0.326. The van der Waals surface area contributed by atoms with Gasteiger partial charge in [-0.05, 0) is 6.42 Å². The van der Waals surface area contributed by atoms with Crippen molar-refractivity contribution >= 4 is 26.3 Å². The lowest BCUT2D eigenvalue weighted by atomic mass is 10.4. The topological polar surface area (TPSA) is 89.8 Å². The summed E-state index contributed by atoms with van der Waals surface area (Å²) in [6.07, 6.45) is 0.602. The Hall–Kier alpha value is -0.143. The molecule has 0 saturated carbocycles. The number of hydrogen-bond donors (Lipinski definition) is 4. The first-order valence-electron chi connectivity index (χ1n) is 3.95. The molecule has 0 heterocycles. The van der Waals surface area contributed by atoms with Gasteiger partial charge in [-0.3, -0.25) is 4.79 Å². The highest BCUT2D eigenvalue weighted by atomic mass is 35.5. The predicted octanol–water partition coefficient (Wildman–Crippen LogP) is -0.963. The minimum atomic E-state index is -3.93. The van der Waals surface area contributed by atoms with Crippen LogP contribution in [0.4, 0.5) is 0 Å². The van der Waals surface area contributed by atoms with Crippen LogP contribution in [0.1, 0.15) is 12.8 Å². The first kappa shape index (κ1) is 12.9. The fourth-order valence-electron chi connectivity index (χ4n) is 0.728. The molecular weight excluding hydrogens is 214 g/mol. The highest BCUT2D eigenvalue weighted by molar-refractivity contribution is 6.56. The average Bonchev–Trinajstić information content (AvgIpc) is 1.97. The van der Waals surface area contributed by atoms with Gasteiger partial charge < -0.3 is 19.7 Å². The standard InChI is InChI=1S/C6H14ClNO4Si/c7-3-2-6(9)8-4-1-5-13(10,11)12/h10-12H,1-5H2,(H,8,9). The third-order valence-corrected chi connectivity index (χ3v) is 2.55. The lowest BCUT2D eigenvalue weighted by Crippen LogP contribution is -2.35. The summed E-state index contributed by atoms with van der Waals surface area (Å²) < 4.78 is 0. The van der Waals surface area contributed by atoms with Crippen LogP contribution in [0, 0.1) is 0 Å². The number of hydrogen-bond acceptors (Lipinski definition) is 4. The molecule has 7 heteroatoms. The fourth-order valence-corrected chi connectivity index (χ4v) is 1.55. The molecule has 78 valence electrons. The number of carbonyl (C=O) groups is 1. The molecule has 0 unspecified atom stereocenters. The number of alkyl halides is 1. The van der Waals surface area contributed by atoms with E-state index in [1.165, 1.54) is 0 Å². The molecular formula is C6H14ClNO4Si. The molecule has 0 fully saturated rings. The van der Waals surface area contributed by atoms with Crippen LogP contribution >= 0.6 is 11.6 Å². The van der Waals surface area contributed by atoms with Gasteiger partial charge in [-0.25, -0.2) is 0 Å². The highest BCUT2D eigenvalue weighted by Crippen LogP contribution is 1.99. The highest BCUT2D eigenvalue weighted by Gasteiger charge is 2.25. The normalized spacial score (nSPS) is 11.4. The maximum Gasteiger partial charge on any atom is 0.492 e. The zero-order valence-electron chi connectivity index (χ0n) is 7.16. The van der Waals surface area contributed by atoms with Crippen molar-refractivity contribution in [1.82, 2.24) is 5.32 Å². The molecule has 0 rings (SSSR count). The molecule has 0 aromatic heterocycles. The first-order valence-corrected chi connectivity index (χ1v) is 6.54. The van der Waals surface area contributed by atoms with Crippen LogP contribution in [0.2, 0.25) is 6.04 Å². The van der Waals surface area contributed by atoms with Gasteiger partial charge in [0, 0.05) is 24.9 Å². The second-order valence-corrected chi connectivity index (χ2v) is 5.09. The van der Waals surface area contributed by atoms with E-state index in [0.717, 1.165) is 0 Å². The molecule has 0 saturated heterocycles. The van der Waals surface area contributed by atoms with Gasteiger partial charge in [0.2, 0.25) is 5.91 Å². The lowest BCUT2D eigenvalue weighted by Gasteiger charge is -2.09. The van der Waals surface area contributed by atoms with Crippen molar-refractivity contribution in [2.45, 2.75) is 18.9 Å². The Balaban J connectivity index is 3.31. The minimum absolute atomic E-state index is 0.0614. The van der Waals surface area contributed by atoms with Crippen molar-refractivity contribution in [3.63, 3.8) is 0 Å². The van der Waals surface area contributed by atoms with E-state index in [9.17, 15) is 4.79 Å². The second-order valence-electron chi connectivity index (χ2n) is 2.67. The van der Waals surface area contributed by atoms with E-state index in [4.69, 9.17) is 26.0 Å². The van der Waals surface area contributed by atoms with E-state index in [0.29, 0.717) is 13.0 Å². The van der Waals surface area contributed by atoms with Crippen LogP contribution < -0.4 is 5.32 Å². The van der Waals surface area contributed by atoms with Gasteiger partial charge in [0.25, 0.3) is 0 Å². The van der Waals surface area contributed by atoms with Crippen molar-refractivity contribution < 1.29 is 19.2 Å². The van der Waals surface area contributed by atoms with Crippen LogP contribution in [0.5, 0.6) is 0 Å². The van der Waals surface area contributed by atoms with Crippen molar-refractivity contribution in [1.29, 1.82) is 0 Å². The largest absolute Gasteiger partial charge is 0.492 e. The molecule has 0 aromatic carbocycles. The van der Waals surface area contributed by atoms with E-state index >= 15 is 0 Å². The van der Waals surface area contributed by atoms with Crippen LogP contribution in [0.15, 0.2) is 0 Å². The van der Waals surface area contributed by atoms with Crippen LogP contribution in [-0.4, -0.2) is 41.5 Å². The molecule has 0 atom stereocenters. The number of amides is 1. The third-order valence-electron chi connectivity index (χ3n) is 1.33. The van der Waals surface area contributed by atoms with Crippen LogP contribution in [-0.2, 0) is 4.79 Å². The SMILES string of the molecule is O=C(CCCl)NCCC[Si](O)(O)O. The third kappa shape index (κ3) is 9.77. The molecule has 0 aliphatic rings. The number of rotatable bonds is 6. The Labute approximate surface area is 82.7 Å². The molecule has 0 aliphatic heterocycles. The van der Waals surface area contributed by atoms with E-state index in [1.54, 1.807) is 0 Å². The molecule has 0 aliphatic carbocycles. The van der Waals surface area contributed by atoms with Gasteiger partial charge in [0.05, 0.1) is 0 Å². The Bertz CT molecular complexity index is 161. The van der Waals surface area contributed by atoms with Crippen molar-refractivity contribution in [2.75, 3.05) is 12.4 Å². The van der Waals surface area contributed by atoms with Crippen LogP contribution in [0.3, 0.4) is 0 Å². The Morgan fingerprint density at radius 1 is 1.38 bits per heavy atom. The summed E-state index contributed by atoms with van der Waals surface area (Å²) >= 11 is 5.31. The van der Waals surface area contributed by atoms with E-state index in [1.807, 2.05) is 0 Å². The fraction of sp³-hybridized carbons (Fsp3) is 0.833. The Morgan fingerprint density at radius 3 is 2.46 bits per heavy atom. The Morgan fingerprint density at radius 2 is 2.00 bits per heavy atom. The van der Waals surface area contributed by atoms with E-state index in [-0.39, 0.29) is 24.3 Å². The second kappa shape index (κ2) is 6.33. The molecule has 0 bridgehead atoms. The monoisotopic (exact) mass is 227 g/mol. The molecule has 0 aromatic rings. The number of halogens is 1. The molecule has 4 N–H and O–H groups in total. The summed E-state index contributed by atoms with van der Waals surface area (Å²) in [5.74, 6) is 0.0981. The van der Waals surface area contributed by atoms with Crippen molar-refractivity contribution in [2.24, 2.45) is 0 Å².